The van der Waals surface area contributed by atoms with E-state index in [0.717, 1.165) is 23.3 Å². The molecule has 1 amide bonds. The Morgan fingerprint density at radius 3 is 2.95 bits per heavy atom. The Morgan fingerprint density at radius 2 is 2.14 bits per heavy atom. The van der Waals surface area contributed by atoms with Gasteiger partial charge < -0.3 is 5.32 Å². The first-order chi connectivity index (χ1) is 10.1. The van der Waals surface area contributed by atoms with E-state index in [9.17, 15) is 4.79 Å². The van der Waals surface area contributed by atoms with Crippen LogP contribution in [0.25, 0.3) is 0 Å². The van der Waals surface area contributed by atoms with Crippen molar-refractivity contribution < 1.29 is 4.79 Å². The molecule has 0 unspecified atom stereocenters. The van der Waals surface area contributed by atoms with Crippen LogP contribution in [-0.2, 0) is 12.8 Å². The van der Waals surface area contributed by atoms with Gasteiger partial charge in [-0.1, -0.05) is 18.0 Å². The molecule has 0 radical (unpaired) electrons. The van der Waals surface area contributed by atoms with Gasteiger partial charge in [-0.25, -0.2) is 4.98 Å². The lowest BCUT2D eigenvalue weighted by Crippen LogP contribution is -2.12. The van der Waals surface area contributed by atoms with E-state index in [1.54, 1.807) is 17.5 Å². The van der Waals surface area contributed by atoms with Crippen molar-refractivity contribution >= 4 is 34.5 Å². The van der Waals surface area contributed by atoms with Crippen molar-refractivity contribution in [2.24, 2.45) is 0 Å². The van der Waals surface area contributed by atoms with Crippen LogP contribution in [-0.4, -0.2) is 10.9 Å². The number of nitrogens with one attached hydrogen (secondary N) is 1. The number of carbonyl (C=O) groups excluding carboxylic acids is 1. The highest BCUT2D eigenvalue weighted by Gasteiger charge is 2.18. The van der Waals surface area contributed by atoms with Crippen molar-refractivity contribution in [3.8, 4) is 0 Å². The van der Waals surface area contributed by atoms with Crippen LogP contribution in [0.5, 0.6) is 0 Å². The zero-order chi connectivity index (χ0) is 14.8. The number of carbonyl (C=O) groups is 1. The molecule has 0 spiro atoms. The van der Waals surface area contributed by atoms with Crippen molar-refractivity contribution in [1.82, 2.24) is 4.98 Å². The number of aromatic nitrogens is 1. The fourth-order valence-corrected chi connectivity index (χ4v) is 4.03. The lowest BCUT2D eigenvalue weighted by molar-refractivity contribution is 0.103. The van der Waals surface area contributed by atoms with Gasteiger partial charge in [0.05, 0.1) is 10.6 Å². The number of fused-ring (bicyclic) bond motifs is 1. The van der Waals surface area contributed by atoms with Crippen LogP contribution in [0.15, 0.2) is 18.3 Å². The number of hydrogen-bond donors (Lipinski definition) is 1. The van der Waals surface area contributed by atoms with Crippen LogP contribution in [0.2, 0.25) is 5.15 Å². The molecule has 0 saturated heterocycles. The predicted octanol–water partition coefficient (Wildman–Crippen LogP) is 4.63. The van der Waals surface area contributed by atoms with E-state index in [1.807, 2.05) is 19.1 Å². The molecule has 5 heteroatoms. The highest BCUT2D eigenvalue weighted by molar-refractivity contribution is 7.14. The van der Waals surface area contributed by atoms with Gasteiger partial charge in [-0.15, -0.1) is 11.3 Å². The fraction of sp³-hybridized carbons (Fsp3) is 0.375. The van der Waals surface area contributed by atoms with Crippen LogP contribution in [0, 0.1) is 6.92 Å². The van der Waals surface area contributed by atoms with Crippen molar-refractivity contribution in [2.75, 3.05) is 5.32 Å². The van der Waals surface area contributed by atoms with Gasteiger partial charge in [0, 0.05) is 11.1 Å². The van der Waals surface area contributed by atoms with Gasteiger partial charge in [-0.05, 0) is 55.9 Å². The first-order valence-corrected chi connectivity index (χ1v) is 8.38. The van der Waals surface area contributed by atoms with Crippen LogP contribution < -0.4 is 5.32 Å². The van der Waals surface area contributed by atoms with Gasteiger partial charge in [-0.2, -0.15) is 0 Å². The van der Waals surface area contributed by atoms with Crippen molar-refractivity contribution in [2.45, 2.75) is 39.0 Å². The van der Waals surface area contributed by atoms with E-state index in [2.05, 4.69) is 10.3 Å². The van der Waals surface area contributed by atoms with E-state index < -0.39 is 0 Å². The van der Waals surface area contributed by atoms with Crippen molar-refractivity contribution in [3.63, 3.8) is 0 Å². The molecule has 0 aromatic carbocycles. The Labute approximate surface area is 133 Å². The van der Waals surface area contributed by atoms with Crippen molar-refractivity contribution in [3.05, 3.63) is 44.4 Å². The molecule has 1 aliphatic rings. The van der Waals surface area contributed by atoms with E-state index in [4.69, 9.17) is 11.6 Å². The molecule has 0 aliphatic heterocycles. The summed E-state index contributed by atoms with van der Waals surface area (Å²) in [6.45, 7) is 1.91. The number of pyridine rings is 1. The largest absolute Gasteiger partial charge is 0.318 e. The lowest BCUT2D eigenvalue weighted by atomic mass is 10.1. The zero-order valence-electron chi connectivity index (χ0n) is 11.9. The Balaban J connectivity index is 1.83. The highest BCUT2D eigenvalue weighted by atomic mass is 35.5. The van der Waals surface area contributed by atoms with Crippen LogP contribution in [0.3, 0.4) is 0 Å². The first kappa shape index (κ1) is 14.5. The molecule has 0 bridgehead atoms. The second-order valence-corrected chi connectivity index (χ2v) is 6.86. The minimum atomic E-state index is -0.0916. The Kier molecular flexibility index (Phi) is 4.27. The van der Waals surface area contributed by atoms with E-state index in [1.165, 1.54) is 29.7 Å². The monoisotopic (exact) mass is 320 g/mol. The molecule has 2 aromatic heterocycles. The van der Waals surface area contributed by atoms with Gasteiger partial charge in [0.1, 0.15) is 0 Å². The van der Waals surface area contributed by atoms with Crippen LogP contribution in [0.4, 0.5) is 5.69 Å². The molecule has 0 fully saturated rings. The summed E-state index contributed by atoms with van der Waals surface area (Å²) in [5.41, 5.74) is 2.87. The highest BCUT2D eigenvalue weighted by Crippen LogP contribution is 2.30. The number of halogens is 1. The third-order valence-electron chi connectivity index (χ3n) is 3.82. The molecule has 21 heavy (non-hydrogen) atoms. The third kappa shape index (κ3) is 3.11. The number of rotatable bonds is 2. The normalized spacial score (nSPS) is 14.4. The number of nitrogens with zero attached hydrogens (tertiary/aromatic N) is 1. The molecular weight excluding hydrogens is 304 g/mol. The average Bonchev–Trinajstić information content (AvgIpc) is 2.74. The maximum atomic E-state index is 12.4. The summed E-state index contributed by atoms with van der Waals surface area (Å²) in [5, 5.41) is 3.23. The predicted molar refractivity (Wildman–Crippen MR) is 87.5 cm³/mol. The number of amides is 1. The number of hydrogen-bond acceptors (Lipinski definition) is 3. The number of thiophene rings is 1. The molecule has 1 aliphatic carbocycles. The molecule has 0 saturated carbocycles. The second kappa shape index (κ2) is 6.16. The summed E-state index contributed by atoms with van der Waals surface area (Å²) in [5.74, 6) is -0.0916. The first-order valence-electron chi connectivity index (χ1n) is 7.19. The fourth-order valence-electron chi connectivity index (χ4n) is 2.63. The van der Waals surface area contributed by atoms with E-state index in [-0.39, 0.29) is 5.91 Å². The summed E-state index contributed by atoms with van der Waals surface area (Å²) in [7, 11) is 0. The van der Waals surface area contributed by atoms with Crippen LogP contribution in [0.1, 0.15) is 44.9 Å². The summed E-state index contributed by atoms with van der Waals surface area (Å²) in [6.07, 6.45) is 7.56. The smallest absolute Gasteiger partial charge is 0.265 e. The molecule has 110 valence electrons. The molecular formula is C16H17ClN2OS. The summed E-state index contributed by atoms with van der Waals surface area (Å²) in [4.78, 5) is 18.6. The third-order valence-corrected chi connectivity index (χ3v) is 5.34. The number of aryl methyl sites for hydroxylation is 3. The van der Waals surface area contributed by atoms with Gasteiger partial charge in [0.2, 0.25) is 0 Å². The maximum Gasteiger partial charge on any atom is 0.265 e. The molecule has 3 rings (SSSR count). The molecule has 3 nitrogen and oxygen atoms in total. The topological polar surface area (TPSA) is 42.0 Å². The quantitative estimate of drug-likeness (QED) is 0.647. The Hall–Kier alpha value is -1.39. The summed E-state index contributed by atoms with van der Waals surface area (Å²) < 4.78 is 0. The number of anilines is 1. The van der Waals surface area contributed by atoms with Crippen molar-refractivity contribution in [1.29, 1.82) is 0 Å². The van der Waals surface area contributed by atoms with Crippen LogP contribution >= 0.6 is 22.9 Å². The molecule has 2 aromatic rings. The zero-order valence-corrected chi connectivity index (χ0v) is 13.5. The second-order valence-electron chi connectivity index (χ2n) is 5.37. The van der Waals surface area contributed by atoms with Gasteiger partial charge in [0.15, 0.2) is 5.15 Å². The van der Waals surface area contributed by atoms with E-state index >= 15 is 0 Å². The van der Waals surface area contributed by atoms with Gasteiger partial charge in [0.25, 0.3) is 5.91 Å². The molecule has 2 heterocycles. The summed E-state index contributed by atoms with van der Waals surface area (Å²) >= 11 is 7.67. The minimum absolute atomic E-state index is 0.0916. The average molecular weight is 321 g/mol. The van der Waals surface area contributed by atoms with Gasteiger partial charge >= 0.3 is 0 Å². The standard InChI is InChI=1S/C16H17ClN2OS/c1-10-7-8-18-15(17)14(10)19-16(20)13-9-11-5-3-2-4-6-12(11)21-13/h7-9H,2-6H2,1H3,(H,19,20). The maximum absolute atomic E-state index is 12.4. The van der Waals surface area contributed by atoms with E-state index in [0.29, 0.717) is 10.8 Å². The molecule has 1 N–H and O–H groups in total. The molecule has 0 atom stereocenters. The minimum Gasteiger partial charge on any atom is -0.318 e. The Morgan fingerprint density at radius 1 is 1.33 bits per heavy atom. The lowest BCUT2D eigenvalue weighted by Gasteiger charge is -2.08. The Bertz CT molecular complexity index is 637. The summed E-state index contributed by atoms with van der Waals surface area (Å²) in [6, 6.07) is 3.88. The SMILES string of the molecule is Cc1ccnc(Cl)c1NC(=O)c1cc2c(s1)CCCCC2. The van der Waals surface area contributed by atoms with Gasteiger partial charge in [-0.3, -0.25) is 4.79 Å².